The van der Waals surface area contributed by atoms with Crippen LogP contribution >= 0.6 is 0 Å². The Bertz CT molecular complexity index is 451. The van der Waals surface area contributed by atoms with Crippen LogP contribution in [0.5, 0.6) is 5.75 Å². The van der Waals surface area contributed by atoms with Gasteiger partial charge in [0.25, 0.3) is 0 Å². The van der Waals surface area contributed by atoms with Crippen molar-refractivity contribution in [3.63, 3.8) is 0 Å². The molecule has 1 aliphatic rings. The third kappa shape index (κ3) is 3.66. The zero-order chi connectivity index (χ0) is 14.8. The Hall–Kier alpha value is -1.23. The number of rotatable bonds is 3. The summed E-state index contributed by atoms with van der Waals surface area (Å²) in [6.45, 7) is 6.48. The number of aryl methyl sites for hydroxylation is 1. The van der Waals surface area contributed by atoms with E-state index in [0.717, 1.165) is 38.5 Å². The van der Waals surface area contributed by atoms with E-state index in [4.69, 9.17) is 4.74 Å². The maximum Gasteiger partial charge on any atom is 0.419 e. The highest BCUT2D eigenvalue weighted by molar-refractivity contribution is 5.39. The molecule has 1 aliphatic heterocycles. The molecule has 0 aromatic heterocycles. The summed E-state index contributed by atoms with van der Waals surface area (Å²) in [4.78, 5) is 2.28. The minimum absolute atomic E-state index is 0.0435. The van der Waals surface area contributed by atoms with Gasteiger partial charge in [-0.1, -0.05) is 18.6 Å². The first-order valence-electron chi connectivity index (χ1n) is 6.97. The summed E-state index contributed by atoms with van der Waals surface area (Å²) in [5.41, 5.74) is -0.0825. The molecule has 0 saturated carbocycles. The molecule has 1 saturated heterocycles. The minimum atomic E-state index is -4.37. The monoisotopic (exact) mass is 287 g/mol. The molecule has 0 unspecified atom stereocenters. The number of alkyl halides is 3. The van der Waals surface area contributed by atoms with Crippen molar-refractivity contribution >= 4 is 0 Å². The molecular weight excluding hydrogens is 267 g/mol. The number of likely N-dealkylation sites (tertiary alicyclic amines) is 1. The van der Waals surface area contributed by atoms with Crippen LogP contribution in [-0.4, -0.2) is 30.6 Å². The molecule has 5 heteroatoms. The maximum atomic E-state index is 13.0. The predicted octanol–water partition coefficient (Wildman–Crippen LogP) is 3.88. The van der Waals surface area contributed by atoms with Crippen molar-refractivity contribution in [2.75, 3.05) is 19.6 Å². The molecule has 0 radical (unpaired) electrons. The van der Waals surface area contributed by atoms with Gasteiger partial charge in [-0.15, -0.1) is 0 Å². The summed E-state index contributed by atoms with van der Waals surface area (Å²) < 4.78 is 44.6. The summed E-state index contributed by atoms with van der Waals surface area (Å²) >= 11 is 0. The molecule has 20 heavy (non-hydrogen) atoms. The highest BCUT2D eigenvalue weighted by atomic mass is 19.4. The first-order chi connectivity index (χ1) is 9.40. The van der Waals surface area contributed by atoms with Crippen molar-refractivity contribution in [2.45, 2.75) is 39.0 Å². The van der Waals surface area contributed by atoms with Crippen LogP contribution < -0.4 is 4.74 Å². The van der Waals surface area contributed by atoms with E-state index in [-0.39, 0.29) is 11.9 Å². The summed E-state index contributed by atoms with van der Waals surface area (Å²) in [7, 11) is 0. The van der Waals surface area contributed by atoms with Gasteiger partial charge in [0, 0.05) is 13.1 Å². The van der Waals surface area contributed by atoms with Gasteiger partial charge in [-0.05, 0) is 38.4 Å². The smallest absolute Gasteiger partial charge is 0.419 e. The first-order valence-corrected chi connectivity index (χ1v) is 6.97. The summed E-state index contributed by atoms with van der Waals surface area (Å²) in [6.07, 6.45) is -2.94. The Balaban J connectivity index is 2.10. The fourth-order valence-corrected chi connectivity index (χ4v) is 2.49. The SMILES string of the molecule is CCN1CCC(Oc2ccc(C)cc2C(F)(F)F)CC1. The molecule has 0 atom stereocenters. The molecule has 1 heterocycles. The van der Waals surface area contributed by atoms with E-state index >= 15 is 0 Å². The van der Waals surface area contributed by atoms with Crippen LogP contribution in [0.2, 0.25) is 0 Å². The molecule has 1 fully saturated rings. The largest absolute Gasteiger partial charge is 0.490 e. The molecule has 2 nitrogen and oxygen atoms in total. The van der Waals surface area contributed by atoms with Crippen molar-refractivity contribution < 1.29 is 17.9 Å². The Kier molecular flexibility index (Phi) is 4.58. The van der Waals surface area contributed by atoms with E-state index in [1.54, 1.807) is 13.0 Å². The van der Waals surface area contributed by atoms with Crippen molar-refractivity contribution in [1.29, 1.82) is 0 Å². The third-order valence-corrected chi connectivity index (χ3v) is 3.72. The molecule has 0 amide bonds. The van der Waals surface area contributed by atoms with Crippen LogP contribution in [0.25, 0.3) is 0 Å². The molecular formula is C15H20F3NO. The van der Waals surface area contributed by atoms with Gasteiger partial charge < -0.3 is 9.64 Å². The van der Waals surface area contributed by atoms with E-state index in [1.165, 1.54) is 6.07 Å². The lowest BCUT2D eigenvalue weighted by Crippen LogP contribution is -2.38. The van der Waals surface area contributed by atoms with Gasteiger partial charge in [0.05, 0.1) is 5.56 Å². The van der Waals surface area contributed by atoms with E-state index in [2.05, 4.69) is 11.8 Å². The second-order valence-electron chi connectivity index (χ2n) is 5.25. The Morgan fingerprint density at radius 3 is 2.45 bits per heavy atom. The van der Waals surface area contributed by atoms with Gasteiger partial charge in [-0.3, -0.25) is 0 Å². The lowest BCUT2D eigenvalue weighted by Gasteiger charge is -2.31. The number of hydrogen-bond donors (Lipinski definition) is 0. The van der Waals surface area contributed by atoms with Crippen LogP contribution in [-0.2, 0) is 6.18 Å². The summed E-state index contributed by atoms with van der Waals surface area (Å²) in [5, 5.41) is 0. The van der Waals surface area contributed by atoms with E-state index < -0.39 is 11.7 Å². The number of halogens is 3. The van der Waals surface area contributed by atoms with Gasteiger partial charge in [-0.2, -0.15) is 13.2 Å². The predicted molar refractivity (Wildman–Crippen MR) is 71.9 cm³/mol. The fraction of sp³-hybridized carbons (Fsp3) is 0.600. The van der Waals surface area contributed by atoms with E-state index in [0.29, 0.717) is 5.56 Å². The third-order valence-electron chi connectivity index (χ3n) is 3.72. The highest BCUT2D eigenvalue weighted by Crippen LogP contribution is 2.37. The fourth-order valence-electron chi connectivity index (χ4n) is 2.49. The van der Waals surface area contributed by atoms with Crippen LogP contribution in [0, 0.1) is 6.92 Å². The van der Waals surface area contributed by atoms with Crippen LogP contribution in [0.4, 0.5) is 13.2 Å². The zero-order valence-electron chi connectivity index (χ0n) is 11.8. The Morgan fingerprint density at radius 1 is 1.25 bits per heavy atom. The Morgan fingerprint density at radius 2 is 1.90 bits per heavy atom. The number of ether oxygens (including phenoxy) is 1. The zero-order valence-corrected chi connectivity index (χ0v) is 11.8. The number of nitrogens with zero attached hydrogens (tertiary/aromatic N) is 1. The van der Waals surface area contributed by atoms with E-state index in [9.17, 15) is 13.2 Å². The second kappa shape index (κ2) is 6.04. The van der Waals surface area contributed by atoms with Crippen molar-refractivity contribution in [1.82, 2.24) is 4.90 Å². The normalized spacial score (nSPS) is 18.2. The van der Waals surface area contributed by atoms with Crippen LogP contribution in [0.15, 0.2) is 18.2 Å². The lowest BCUT2D eigenvalue weighted by molar-refractivity contribution is -0.139. The molecule has 112 valence electrons. The standard InChI is InChI=1S/C15H20F3NO/c1-3-19-8-6-12(7-9-19)20-14-5-4-11(2)10-13(14)15(16,17)18/h4-5,10,12H,3,6-9H2,1-2H3. The molecule has 0 N–H and O–H groups in total. The van der Waals surface area contributed by atoms with E-state index in [1.807, 2.05) is 0 Å². The highest BCUT2D eigenvalue weighted by Gasteiger charge is 2.35. The molecule has 1 aromatic carbocycles. The average molecular weight is 287 g/mol. The van der Waals surface area contributed by atoms with Crippen molar-refractivity contribution in [3.05, 3.63) is 29.3 Å². The molecule has 0 aliphatic carbocycles. The quantitative estimate of drug-likeness (QED) is 0.836. The number of benzene rings is 1. The molecule has 0 bridgehead atoms. The van der Waals surface area contributed by atoms with Crippen molar-refractivity contribution in [2.24, 2.45) is 0 Å². The minimum Gasteiger partial charge on any atom is -0.490 e. The molecule has 0 spiro atoms. The lowest BCUT2D eigenvalue weighted by atomic mass is 10.1. The number of hydrogen-bond acceptors (Lipinski definition) is 2. The van der Waals surface area contributed by atoms with Gasteiger partial charge >= 0.3 is 6.18 Å². The van der Waals surface area contributed by atoms with Crippen LogP contribution in [0.3, 0.4) is 0 Å². The van der Waals surface area contributed by atoms with Gasteiger partial charge in [0.2, 0.25) is 0 Å². The topological polar surface area (TPSA) is 12.5 Å². The molecule has 1 aromatic rings. The second-order valence-corrected chi connectivity index (χ2v) is 5.25. The summed E-state index contributed by atoms with van der Waals surface area (Å²) in [5.74, 6) is -0.0435. The van der Waals surface area contributed by atoms with Gasteiger partial charge in [-0.25, -0.2) is 0 Å². The maximum absolute atomic E-state index is 13.0. The molecule has 2 rings (SSSR count). The van der Waals surface area contributed by atoms with Crippen LogP contribution in [0.1, 0.15) is 30.9 Å². The summed E-state index contributed by atoms with van der Waals surface area (Å²) in [6, 6.07) is 4.24. The van der Waals surface area contributed by atoms with Gasteiger partial charge in [0.1, 0.15) is 11.9 Å². The Labute approximate surface area is 117 Å². The number of piperidine rings is 1. The average Bonchev–Trinajstić information content (AvgIpc) is 2.40. The van der Waals surface area contributed by atoms with Gasteiger partial charge in [0.15, 0.2) is 0 Å². The van der Waals surface area contributed by atoms with Crippen molar-refractivity contribution in [3.8, 4) is 5.75 Å². The first kappa shape index (κ1) is 15.2.